The maximum absolute atomic E-state index is 12.5. The van der Waals surface area contributed by atoms with E-state index in [9.17, 15) is 4.79 Å². The zero-order chi connectivity index (χ0) is 20.8. The van der Waals surface area contributed by atoms with Gasteiger partial charge in [0.05, 0.1) is 17.0 Å². The van der Waals surface area contributed by atoms with Gasteiger partial charge in [-0.05, 0) is 55.4 Å². The highest BCUT2D eigenvalue weighted by atomic mass is 32.1. The molecule has 1 fully saturated rings. The molecule has 30 heavy (non-hydrogen) atoms. The van der Waals surface area contributed by atoms with E-state index in [1.54, 1.807) is 11.3 Å². The van der Waals surface area contributed by atoms with Crippen LogP contribution in [0.2, 0.25) is 0 Å². The number of oxazole rings is 1. The van der Waals surface area contributed by atoms with Crippen LogP contribution >= 0.6 is 11.3 Å². The first kappa shape index (κ1) is 20.8. The molecule has 1 aromatic carbocycles. The van der Waals surface area contributed by atoms with Gasteiger partial charge in [0.2, 0.25) is 11.8 Å². The third-order valence-electron chi connectivity index (χ3n) is 5.54. The molecule has 3 aromatic rings. The summed E-state index contributed by atoms with van der Waals surface area (Å²) in [5.74, 6) is 1.25. The average Bonchev–Trinajstić information content (AvgIpc) is 3.32. The third-order valence-corrected chi connectivity index (χ3v) is 6.40. The van der Waals surface area contributed by atoms with Crippen LogP contribution < -0.4 is 5.32 Å². The summed E-state index contributed by atoms with van der Waals surface area (Å²) >= 11 is 1.58. The number of rotatable bonds is 7. The number of benzene rings is 1. The van der Waals surface area contributed by atoms with Crippen LogP contribution in [0.25, 0.3) is 10.8 Å². The summed E-state index contributed by atoms with van der Waals surface area (Å²) in [6, 6.07) is 12.5. The first-order chi connectivity index (χ1) is 14.7. The molecule has 0 bridgehead atoms. The molecule has 6 heteroatoms. The number of aromatic nitrogens is 1. The Morgan fingerprint density at radius 2 is 1.93 bits per heavy atom. The van der Waals surface area contributed by atoms with Gasteiger partial charge >= 0.3 is 0 Å². The molecule has 0 saturated carbocycles. The molecule has 0 atom stereocenters. The Hall–Kier alpha value is -2.44. The SMILES string of the molecule is Cc1oc(-c2cccs2)nc1CC(=O)NCc1cccc(CN2CCCCCC2)c1. The minimum absolute atomic E-state index is 0.0398. The molecule has 1 aliphatic rings. The lowest BCUT2D eigenvalue weighted by Gasteiger charge is -2.20. The molecule has 3 heterocycles. The van der Waals surface area contributed by atoms with Crippen molar-refractivity contribution in [3.05, 3.63) is 64.4 Å². The molecule has 1 N–H and O–H groups in total. The van der Waals surface area contributed by atoms with E-state index >= 15 is 0 Å². The molecule has 0 radical (unpaired) electrons. The minimum Gasteiger partial charge on any atom is -0.440 e. The van der Waals surface area contributed by atoms with E-state index in [0.29, 0.717) is 23.9 Å². The monoisotopic (exact) mass is 423 g/mol. The van der Waals surface area contributed by atoms with E-state index < -0.39 is 0 Å². The first-order valence-electron chi connectivity index (χ1n) is 10.7. The smallest absolute Gasteiger partial charge is 0.236 e. The Balaban J connectivity index is 1.31. The lowest BCUT2D eigenvalue weighted by molar-refractivity contribution is -0.120. The van der Waals surface area contributed by atoms with Crippen LogP contribution in [-0.2, 0) is 24.3 Å². The minimum atomic E-state index is -0.0398. The van der Waals surface area contributed by atoms with Crippen molar-refractivity contribution in [3.8, 4) is 10.8 Å². The second-order valence-electron chi connectivity index (χ2n) is 7.96. The number of carbonyl (C=O) groups is 1. The van der Waals surface area contributed by atoms with Crippen molar-refractivity contribution in [1.82, 2.24) is 15.2 Å². The van der Waals surface area contributed by atoms with E-state index in [4.69, 9.17) is 4.42 Å². The van der Waals surface area contributed by atoms with Crippen molar-refractivity contribution in [3.63, 3.8) is 0 Å². The summed E-state index contributed by atoms with van der Waals surface area (Å²) in [7, 11) is 0. The number of hydrogen-bond acceptors (Lipinski definition) is 5. The highest BCUT2D eigenvalue weighted by Gasteiger charge is 2.15. The van der Waals surface area contributed by atoms with E-state index in [2.05, 4.69) is 39.5 Å². The summed E-state index contributed by atoms with van der Waals surface area (Å²) in [5.41, 5.74) is 3.15. The van der Waals surface area contributed by atoms with Gasteiger partial charge in [0.15, 0.2) is 0 Å². The summed E-state index contributed by atoms with van der Waals surface area (Å²) in [4.78, 5) is 20.5. The van der Waals surface area contributed by atoms with Crippen LogP contribution in [0.5, 0.6) is 0 Å². The van der Waals surface area contributed by atoms with E-state index in [-0.39, 0.29) is 12.3 Å². The number of likely N-dealkylation sites (tertiary alicyclic amines) is 1. The first-order valence-corrected chi connectivity index (χ1v) is 11.6. The van der Waals surface area contributed by atoms with Crippen molar-refractivity contribution in [2.75, 3.05) is 13.1 Å². The summed E-state index contributed by atoms with van der Waals surface area (Å²) < 4.78 is 5.73. The number of nitrogens with one attached hydrogen (secondary N) is 1. The molecule has 0 unspecified atom stereocenters. The number of amides is 1. The molecule has 2 aromatic heterocycles. The zero-order valence-corrected chi connectivity index (χ0v) is 18.3. The lowest BCUT2D eigenvalue weighted by atomic mass is 10.1. The molecule has 0 spiro atoms. The molecule has 4 rings (SSSR count). The number of hydrogen-bond donors (Lipinski definition) is 1. The van der Waals surface area contributed by atoms with Gasteiger partial charge in [-0.25, -0.2) is 4.98 Å². The Kier molecular flexibility index (Phi) is 6.97. The van der Waals surface area contributed by atoms with Crippen molar-refractivity contribution in [2.45, 2.75) is 52.1 Å². The van der Waals surface area contributed by atoms with Crippen molar-refractivity contribution >= 4 is 17.2 Å². The van der Waals surface area contributed by atoms with Crippen LogP contribution in [0.15, 0.2) is 46.2 Å². The van der Waals surface area contributed by atoms with Crippen LogP contribution in [0, 0.1) is 6.92 Å². The highest BCUT2D eigenvalue weighted by molar-refractivity contribution is 7.13. The predicted molar refractivity (Wildman–Crippen MR) is 120 cm³/mol. The maximum Gasteiger partial charge on any atom is 0.236 e. The summed E-state index contributed by atoms with van der Waals surface area (Å²) in [5, 5.41) is 5.02. The molecule has 1 saturated heterocycles. The van der Waals surface area contributed by atoms with Crippen molar-refractivity contribution < 1.29 is 9.21 Å². The maximum atomic E-state index is 12.5. The zero-order valence-electron chi connectivity index (χ0n) is 17.5. The fraction of sp³-hybridized carbons (Fsp3) is 0.417. The second kappa shape index (κ2) is 10.0. The molecular formula is C24H29N3O2S. The van der Waals surface area contributed by atoms with Gasteiger partial charge in [-0.15, -0.1) is 11.3 Å². The molecule has 5 nitrogen and oxygen atoms in total. The number of thiophene rings is 1. The van der Waals surface area contributed by atoms with Crippen molar-refractivity contribution in [2.24, 2.45) is 0 Å². The third kappa shape index (κ3) is 5.58. The molecule has 0 aliphatic carbocycles. The van der Waals surface area contributed by atoms with Crippen LogP contribution in [0.4, 0.5) is 0 Å². The van der Waals surface area contributed by atoms with E-state index in [1.807, 2.05) is 24.4 Å². The van der Waals surface area contributed by atoms with Gasteiger partial charge < -0.3 is 9.73 Å². The number of nitrogens with zero attached hydrogens (tertiary/aromatic N) is 2. The Morgan fingerprint density at radius 3 is 2.70 bits per heavy atom. The largest absolute Gasteiger partial charge is 0.440 e. The molecule has 1 aliphatic heterocycles. The van der Waals surface area contributed by atoms with Crippen LogP contribution in [0.1, 0.15) is 48.3 Å². The highest BCUT2D eigenvalue weighted by Crippen LogP contribution is 2.26. The Labute approximate surface area is 182 Å². The van der Waals surface area contributed by atoms with E-state index in [1.165, 1.54) is 44.3 Å². The van der Waals surface area contributed by atoms with Crippen LogP contribution in [-0.4, -0.2) is 28.9 Å². The normalized spacial score (nSPS) is 15.1. The van der Waals surface area contributed by atoms with Crippen molar-refractivity contribution in [1.29, 1.82) is 0 Å². The van der Waals surface area contributed by atoms with E-state index in [0.717, 1.165) is 17.0 Å². The Bertz CT molecular complexity index is 957. The summed E-state index contributed by atoms with van der Waals surface area (Å²) in [6.07, 6.45) is 5.52. The quantitative estimate of drug-likeness (QED) is 0.584. The lowest BCUT2D eigenvalue weighted by Crippen LogP contribution is -2.25. The molecule has 158 valence electrons. The van der Waals surface area contributed by atoms with Gasteiger partial charge in [-0.2, -0.15) is 0 Å². The number of aryl methyl sites for hydroxylation is 1. The average molecular weight is 424 g/mol. The van der Waals surface area contributed by atoms with Gasteiger partial charge in [0.25, 0.3) is 0 Å². The Morgan fingerprint density at radius 1 is 1.13 bits per heavy atom. The molecule has 1 amide bonds. The van der Waals surface area contributed by atoms with Gasteiger partial charge in [0, 0.05) is 13.1 Å². The topological polar surface area (TPSA) is 58.4 Å². The summed E-state index contributed by atoms with van der Waals surface area (Å²) in [6.45, 7) is 5.75. The van der Waals surface area contributed by atoms with Crippen LogP contribution in [0.3, 0.4) is 0 Å². The predicted octanol–water partition coefficient (Wildman–Crippen LogP) is 4.95. The molecular weight excluding hydrogens is 394 g/mol. The van der Waals surface area contributed by atoms with Gasteiger partial charge in [0.1, 0.15) is 5.76 Å². The second-order valence-corrected chi connectivity index (χ2v) is 8.91. The fourth-order valence-corrected chi connectivity index (χ4v) is 4.55. The number of carbonyl (C=O) groups excluding carboxylic acids is 1. The van der Waals surface area contributed by atoms with Gasteiger partial charge in [-0.1, -0.05) is 43.2 Å². The fourth-order valence-electron chi connectivity index (χ4n) is 3.90. The standard InChI is InChI=1S/C24H29N3O2S/c1-18-21(26-24(29-18)22-10-7-13-30-22)15-23(28)25-16-19-8-6-9-20(14-19)17-27-11-4-2-3-5-12-27/h6-10,13-14H,2-5,11-12,15-17H2,1H3,(H,25,28). The van der Waals surface area contributed by atoms with Gasteiger partial charge in [-0.3, -0.25) is 9.69 Å².